The van der Waals surface area contributed by atoms with Crippen LogP contribution in [0.5, 0.6) is 0 Å². The van der Waals surface area contributed by atoms with Crippen molar-refractivity contribution in [3.63, 3.8) is 0 Å². The van der Waals surface area contributed by atoms with Crippen molar-refractivity contribution in [2.24, 2.45) is 0 Å². The SMILES string of the molecule is CNCC(=O)CC[C@@H](NCC(C)=O)C(=O)O. The molecule has 16 heavy (non-hydrogen) atoms. The molecule has 0 rings (SSSR count). The van der Waals surface area contributed by atoms with Crippen LogP contribution in [0.25, 0.3) is 0 Å². The van der Waals surface area contributed by atoms with Crippen molar-refractivity contribution in [1.29, 1.82) is 0 Å². The highest BCUT2D eigenvalue weighted by Crippen LogP contribution is 1.98. The molecule has 0 bridgehead atoms. The van der Waals surface area contributed by atoms with Gasteiger partial charge in [0.25, 0.3) is 0 Å². The number of carbonyl (C=O) groups excluding carboxylic acids is 2. The highest BCUT2D eigenvalue weighted by atomic mass is 16.4. The second-order valence-corrected chi connectivity index (χ2v) is 3.58. The van der Waals surface area contributed by atoms with E-state index in [0.717, 1.165) is 0 Å². The number of hydrogen-bond acceptors (Lipinski definition) is 5. The van der Waals surface area contributed by atoms with Crippen molar-refractivity contribution in [2.75, 3.05) is 20.1 Å². The second-order valence-electron chi connectivity index (χ2n) is 3.58. The van der Waals surface area contributed by atoms with Crippen LogP contribution in [0, 0.1) is 0 Å². The molecule has 0 aliphatic heterocycles. The number of rotatable bonds is 9. The van der Waals surface area contributed by atoms with Gasteiger partial charge in [-0.2, -0.15) is 0 Å². The first-order chi connectivity index (χ1) is 7.47. The molecular formula is C10H18N2O4. The zero-order valence-corrected chi connectivity index (χ0v) is 9.58. The highest BCUT2D eigenvalue weighted by molar-refractivity contribution is 5.82. The zero-order chi connectivity index (χ0) is 12.6. The fourth-order valence-electron chi connectivity index (χ4n) is 1.17. The Morgan fingerprint density at radius 2 is 1.88 bits per heavy atom. The molecule has 0 aromatic carbocycles. The number of ketones is 2. The molecule has 92 valence electrons. The molecule has 0 heterocycles. The smallest absolute Gasteiger partial charge is 0.320 e. The standard InChI is InChI=1S/C10H18N2O4/c1-7(13)5-12-9(10(15)16)4-3-8(14)6-11-2/h9,11-12H,3-6H2,1-2H3,(H,15,16)/t9-/m1/s1. The molecule has 6 heteroatoms. The van der Waals surface area contributed by atoms with Crippen LogP contribution < -0.4 is 10.6 Å². The van der Waals surface area contributed by atoms with E-state index in [9.17, 15) is 14.4 Å². The predicted octanol–water partition coefficient (Wildman–Crippen LogP) is -0.813. The van der Waals surface area contributed by atoms with E-state index in [1.54, 1.807) is 7.05 Å². The largest absolute Gasteiger partial charge is 0.480 e. The van der Waals surface area contributed by atoms with E-state index in [-0.39, 0.29) is 37.5 Å². The van der Waals surface area contributed by atoms with Gasteiger partial charge in [0.2, 0.25) is 0 Å². The Morgan fingerprint density at radius 1 is 1.25 bits per heavy atom. The molecule has 0 aromatic rings. The van der Waals surface area contributed by atoms with Gasteiger partial charge in [0.1, 0.15) is 17.6 Å². The molecule has 0 spiro atoms. The Balaban J connectivity index is 3.99. The molecule has 0 aromatic heterocycles. The van der Waals surface area contributed by atoms with Crippen LogP contribution in [-0.2, 0) is 14.4 Å². The fourth-order valence-corrected chi connectivity index (χ4v) is 1.17. The van der Waals surface area contributed by atoms with Gasteiger partial charge < -0.3 is 10.4 Å². The minimum absolute atomic E-state index is 0.0111. The van der Waals surface area contributed by atoms with Gasteiger partial charge in [-0.3, -0.25) is 19.7 Å². The summed E-state index contributed by atoms with van der Waals surface area (Å²) < 4.78 is 0. The van der Waals surface area contributed by atoms with Crippen LogP contribution in [0.1, 0.15) is 19.8 Å². The van der Waals surface area contributed by atoms with Gasteiger partial charge in [0.15, 0.2) is 0 Å². The van der Waals surface area contributed by atoms with Gasteiger partial charge in [0.05, 0.1) is 13.1 Å². The van der Waals surface area contributed by atoms with Crippen LogP contribution in [0.4, 0.5) is 0 Å². The van der Waals surface area contributed by atoms with Gasteiger partial charge in [0, 0.05) is 6.42 Å². The van der Waals surface area contributed by atoms with Crippen molar-refractivity contribution in [2.45, 2.75) is 25.8 Å². The summed E-state index contributed by atoms with van der Waals surface area (Å²) in [5.74, 6) is -1.22. The van der Waals surface area contributed by atoms with E-state index >= 15 is 0 Å². The van der Waals surface area contributed by atoms with E-state index in [4.69, 9.17) is 5.11 Å². The molecule has 0 saturated heterocycles. The van der Waals surface area contributed by atoms with Gasteiger partial charge in [-0.25, -0.2) is 0 Å². The molecule has 0 aliphatic rings. The maximum Gasteiger partial charge on any atom is 0.320 e. The monoisotopic (exact) mass is 230 g/mol. The molecular weight excluding hydrogens is 212 g/mol. The summed E-state index contributed by atoms with van der Waals surface area (Å²) in [5, 5.41) is 14.1. The summed E-state index contributed by atoms with van der Waals surface area (Å²) in [6.45, 7) is 1.62. The third-order valence-electron chi connectivity index (χ3n) is 1.98. The molecule has 0 amide bonds. The minimum Gasteiger partial charge on any atom is -0.480 e. The van der Waals surface area contributed by atoms with E-state index in [1.807, 2.05) is 0 Å². The lowest BCUT2D eigenvalue weighted by atomic mass is 10.1. The van der Waals surface area contributed by atoms with E-state index < -0.39 is 12.0 Å². The van der Waals surface area contributed by atoms with Crippen LogP contribution >= 0.6 is 0 Å². The third-order valence-corrected chi connectivity index (χ3v) is 1.98. The summed E-state index contributed by atoms with van der Waals surface area (Å²) in [6, 6.07) is -0.843. The number of likely N-dealkylation sites (N-methyl/N-ethyl adjacent to an activating group) is 1. The number of carboxylic acids is 1. The molecule has 0 saturated carbocycles. The Labute approximate surface area is 94.4 Å². The topological polar surface area (TPSA) is 95.5 Å². The molecule has 0 radical (unpaired) electrons. The number of Topliss-reactive ketones (excluding diaryl/α,β-unsaturated/α-hetero) is 2. The van der Waals surface area contributed by atoms with Crippen molar-refractivity contribution in [3.05, 3.63) is 0 Å². The first kappa shape index (κ1) is 14.7. The fraction of sp³-hybridized carbons (Fsp3) is 0.700. The molecule has 3 N–H and O–H groups in total. The lowest BCUT2D eigenvalue weighted by molar-refractivity contribution is -0.139. The summed E-state index contributed by atoms with van der Waals surface area (Å²) in [5.41, 5.74) is 0. The van der Waals surface area contributed by atoms with Crippen LogP contribution in [0.15, 0.2) is 0 Å². The number of carbonyl (C=O) groups is 3. The van der Waals surface area contributed by atoms with Crippen LogP contribution in [-0.4, -0.2) is 48.8 Å². The summed E-state index contributed by atoms with van der Waals surface area (Å²) in [6.07, 6.45) is 0.381. The first-order valence-electron chi connectivity index (χ1n) is 5.09. The molecule has 0 aliphatic carbocycles. The van der Waals surface area contributed by atoms with Crippen molar-refractivity contribution >= 4 is 17.5 Å². The Hall–Kier alpha value is -1.27. The summed E-state index contributed by atoms with van der Waals surface area (Å²) >= 11 is 0. The predicted molar refractivity (Wildman–Crippen MR) is 58.3 cm³/mol. The number of carboxylic acid groups (broad SMARTS) is 1. The maximum atomic E-state index is 11.2. The Morgan fingerprint density at radius 3 is 2.31 bits per heavy atom. The Bertz CT molecular complexity index is 266. The Kier molecular flexibility index (Phi) is 7.32. The average molecular weight is 230 g/mol. The molecule has 0 unspecified atom stereocenters. The summed E-state index contributed by atoms with van der Waals surface area (Å²) in [4.78, 5) is 32.6. The van der Waals surface area contributed by atoms with E-state index in [1.165, 1.54) is 6.92 Å². The van der Waals surface area contributed by atoms with Crippen molar-refractivity contribution in [1.82, 2.24) is 10.6 Å². The van der Waals surface area contributed by atoms with Gasteiger partial charge in [-0.15, -0.1) is 0 Å². The average Bonchev–Trinajstić information content (AvgIpc) is 2.17. The van der Waals surface area contributed by atoms with E-state index in [0.29, 0.717) is 0 Å². The normalized spacial score (nSPS) is 12.1. The molecule has 1 atom stereocenters. The van der Waals surface area contributed by atoms with E-state index in [2.05, 4.69) is 10.6 Å². The minimum atomic E-state index is -1.04. The lowest BCUT2D eigenvalue weighted by Gasteiger charge is -2.12. The van der Waals surface area contributed by atoms with Gasteiger partial charge in [-0.1, -0.05) is 0 Å². The number of aliphatic carboxylic acids is 1. The quantitative estimate of drug-likeness (QED) is 0.479. The zero-order valence-electron chi connectivity index (χ0n) is 9.58. The van der Waals surface area contributed by atoms with Crippen LogP contribution in [0.2, 0.25) is 0 Å². The van der Waals surface area contributed by atoms with Crippen molar-refractivity contribution in [3.8, 4) is 0 Å². The maximum absolute atomic E-state index is 11.2. The van der Waals surface area contributed by atoms with Gasteiger partial charge >= 0.3 is 5.97 Å². The lowest BCUT2D eigenvalue weighted by Crippen LogP contribution is -2.39. The highest BCUT2D eigenvalue weighted by Gasteiger charge is 2.18. The van der Waals surface area contributed by atoms with Crippen molar-refractivity contribution < 1.29 is 19.5 Å². The number of hydrogen-bond donors (Lipinski definition) is 3. The van der Waals surface area contributed by atoms with Gasteiger partial charge in [-0.05, 0) is 20.4 Å². The second kappa shape index (κ2) is 7.95. The van der Waals surface area contributed by atoms with Crippen LogP contribution in [0.3, 0.4) is 0 Å². The molecule has 0 fully saturated rings. The number of nitrogens with one attached hydrogen (secondary N) is 2. The third kappa shape index (κ3) is 7.08. The summed E-state index contributed by atoms with van der Waals surface area (Å²) in [7, 11) is 1.65. The molecule has 6 nitrogen and oxygen atoms in total. The first-order valence-corrected chi connectivity index (χ1v) is 5.09.